The zero-order chi connectivity index (χ0) is 20.4. The van der Waals surface area contributed by atoms with Gasteiger partial charge in [0.05, 0.1) is 13.0 Å². The molecule has 3 N–H and O–H groups in total. The predicted octanol–water partition coefficient (Wildman–Crippen LogP) is 3.52. The normalized spacial score (nSPS) is 15.5. The molecule has 1 atom stereocenters. The van der Waals surface area contributed by atoms with Crippen molar-refractivity contribution in [1.29, 1.82) is 0 Å². The van der Waals surface area contributed by atoms with Crippen LogP contribution in [0.1, 0.15) is 63.9 Å². The van der Waals surface area contributed by atoms with E-state index in [0.29, 0.717) is 13.0 Å². The fourth-order valence-electron chi connectivity index (χ4n) is 3.46. The first-order valence-corrected chi connectivity index (χ1v) is 10.3. The number of ether oxygens (including phenoxy) is 1. The Kier molecular flexibility index (Phi) is 8.48. The van der Waals surface area contributed by atoms with Crippen LogP contribution in [0.5, 0.6) is 0 Å². The van der Waals surface area contributed by atoms with Crippen LogP contribution in [0.25, 0.3) is 0 Å². The van der Waals surface area contributed by atoms with E-state index in [-0.39, 0.29) is 12.2 Å². The van der Waals surface area contributed by atoms with Gasteiger partial charge in [-0.25, -0.2) is 4.79 Å². The van der Waals surface area contributed by atoms with Gasteiger partial charge in [-0.2, -0.15) is 0 Å². The number of hydrogen-bond acceptors (Lipinski definition) is 4. The first kappa shape index (κ1) is 21.9. The number of hydrogen-bond donors (Lipinski definition) is 2. The van der Waals surface area contributed by atoms with Crippen LogP contribution in [-0.4, -0.2) is 30.4 Å². The van der Waals surface area contributed by atoms with Gasteiger partial charge in [0.1, 0.15) is 6.04 Å². The molecule has 28 heavy (non-hydrogen) atoms. The molecule has 1 aliphatic rings. The number of amides is 2. The molecule has 0 saturated heterocycles. The Bertz CT molecular complexity index is 656. The Morgan fingerprint density at radius 2 is 1.86 bits per heavy atom. The molecule has 0 unspecified atom stereocenters. The van der Waals surface area contributed by atoms with E-state index in [2.05, 4.69) is 12.2 Å². The highest BCUT2D eigenvalue weighted by Crippen LogP contribution is 2.51. The molecule has 0 radical (unpaired) electrons. The topological polar surface area (TPSA) is 98.5 Å². The summed E-state index contributed by atoms with van der Waals surface area (Å²) in [5.74, 6) is -0.717. The monoisotopic (exact) mass is 388 g/mol. The number of unbranched alkanes of at least 4 members (excludes halogenated alkanes) is 3. The van der Waals surface area contributed by atoms with Crippen LogP contribution >= 0.6 is 0 Å². The van der Waals surface area contributed by atoms with Crippen molar-refractivity contribution < 1.29 is 19.1 Å². The molecular formula is C22H32N2O4. The minimum absolute atomic E-state index is 0.106. The zero-order valence-corrected chi connectivity index (χ0v) is 16.7. The summed E-state index contributed by atoms with van der Waals surface area (Å²) in [5.41, 5.74) is 6.01. The number of primary amides is 1. The maximum Gasteiger partial charge on any atom is 0.407 e. The standard InChI is InChI=1S/C22H32N2O4/c1-2-3-4-8-15-28-21(27)24-18(16-19(23)25)20(26)22(13-14-22)12-11-17-9-6-5-7-10-17/h5-7,9-10,18H,2-4,8,11-16H2,1H3,(H2,23,25)(H,24,27)/t18-/m1/s1. The number of alkyl carbamates (subject to hydrolysis) is 1. The molecule has 2 amide bonds. The van der Waals surface area contributed by atoms with Crippen LogP contribution < -0.4 is 11.1 Å². The van der Waals surface area contributed by atoms with Crippen molar-refractivity contribution in [3.05, 3.63) is 35.9 Å². The van der Waals surface area contributed by atoms with E-state index in [1.807, 2.05) is 30.3 Å². The molecule has 1 fully saturated rings. The molecule has 1 aliphatic carbocycles. The van der Waals surface area contributed by atoms with Gasteiger partial charge in [0, 0.05) is 5.41 Å². The number of benzene rings is 1. The number of carbonyl (C=O) groups is 3. The van der Waals surface area contributed by atoms with E-state index in [4.69, 9.17) is 10.5 Å². The first-order chi connectivity index (χ1) is 13.5. The lowest BCUT2D eigenvalue weighted by molar-refractivity contribution is -0.129. The number of nitrogens with two attached hydrogens (primary N) is 1. The maximum atomic E-state index is 13.1. The van der Waals surface area contributed by atoms with E-state index in [1.54, 1.807) is 0 Å². The third-order valence-electron chi connectivity index (χ3n) is 5.36. The quantitative estimate of drug-likeness (QED) is 0.505. The lowest BCUT2D eigenvalue weighted by atomic mass is 9.87. The number of ketones is 1. The summed E-state index contributed by atoms with van der Waals surface area (Å²) in [6.45, 7) is 2.42. The van der Waals surface area contributed by atoms with Crippen LogP contribution in [0.2, 0.25) is 0 Å². The molecule has 1 aromatic rings. The van der Waals surface area contributed by atoms with Crippen LogP contribution in [-0.2, 0) is 20.7 Å². The van der Waals surface area contributed by atoms with Gasteiger partial charge in [-0.15, -0.1) is 0 Å². The molecule has 0 spiro atoms. The summed E-state index contributed by atoms with van der Waals surface area (Å²) in [6, 6.07) is 9.07. The van der Waals surface area contributed by atoms with Crippen LogP contribution in [0.15, 0.2) is 30.3 Å². The average Bonchev–Trinajstić information content (AvgIpc) is 3.47. The van der Waals surface area contributed by atoms with Crippen molar-refractivity contribution in [2.75, 3.05) is 6.61 Å². The summed E-state index contributed by atoms with van der Waals surface area (Å²) >= 11 is 0. The second kappa shape index (κ2) is 10.8. The van der Waals surface area contributed by atoms with Crippen LogP contribution in [0.3, 0.4) is 0 Å². The van der Waals surface area contributed by atoms with Crippen LogP contribution in [0, 0.1) is 5.41 Å². The Hall–Kier alpha value is -2.37. The molecular weight excluding hydrogens is 356 g/mol. The fourth-order valence-corrected chi connectivity index (χ4v) is 3.46. The number of nitrogens with one attached hydrogen (secondary N) is 1. The molecule has 0 heterocycles. The highest BCUT2D eigenvalue weighted by molar-refractivity contribution is 5.97. The Balaban J connectivity index is 1.89. The average molecular weight is 389 g/mol. The molecule has 6 nitrogen and oxygen atoms in total. The molecule has 1 aromatic carbocycles. The smallest absolute Gasteiger partial charge is 0.407 e. The highest BCUT2D eigenvalue weighted by atomic mass is 16.5. The Morgan fingerprint density at radius 1 is 1.14 bits per heavy atom. The van der Waals surface area contributed by atoms with Gasteiger partial charge >= 0.3 is 6.09 Å². The first-order valence-electron chi connectivity index (χ1n) is 10.3. The summed E-state index contributed by atoms with van der Waals surface area (Å²) in [4.78, 5) is 36.6. The summed E-state index contributed by atoms with van der Waals surface area (Å²) < 4.78 is 5.16. The van der Waals surface area contributed by atoms with Gasteiger partial charge in [0.15, 0.2) is 5.78 Å². The number of aryl methyl sites for hydroxylation is 1. The zero-order valence-electron chi connectivity index (χ0n) is 16.7. The second-order valence-electron chi connectivity index (χ2n) is 7.69. The van der Waals surface area contributed by atoms with Gasteiger partial charge in [0.2, 0.25) is 5.91 Å². The van der Waals surface area contributed by atoms with Gasteiger partial charge in [-0.05, 0) is 37.7 Å². The molecule has 0 bridgehead atoms. The van der Waals surface area contributed by atoms with Crippen molar-refractivity contribution in [2.45, 2.75) is 70.8 Å². The van der Waals surface area contributed by atoms with E-state index in [9.17, 15) is 14.4 Å². The van der Waals surface area contributed by atoms with Gasteiger partial charge in [0.25, 0.3) is 0 Å². The van der Waals surface area contributed by atoms with E-state index in [1.165, 1.54) is 5.56 Å². The maximum absolute atomic E-state index is 13.1. The van der Waals surface area contributed by atoms with Crippen molar-refractivity contribution in [3.63, 3.8) is 0 Å². The van der Waals surface area contributed by atoms with Crippen molar-refractivity contribution in [3.8, 4) is 0 Å². The van der Waals surface area contributed by atoms with Crippen molar-refractivity contribution in [1.82, 2.24) is 5.32 Å². The molecule has 0 aliphatic heterocycles. The van der Waals surface area contributed by atoms with E-state index >= 15 is 0 Å². The summed E-state index contributed by atoms with van der Waals surface area (Å²) in [7, 11) is 0. The van der Waals surface area contributed by atoms with Crippen molar-refractivity contribution >= 4 is 17.8 Å². The Labute approximate surface area is 167 Å². The minimum Gasteiger partial charge on any atom is -0.450 e. The second-order valence-corrected chi connectivity index (χ2v) is 7.69. The third kappa shape index (κ3) is 6.98. The lowest BCUT2D eigenvalue weighted by Crippen LogP contribution is -2.46. The number of carbonyl (C=O) groups excluding carboxylic acids is 3. The SMILES string of the molecule is CCCCCCOC(=O)N[C@H](CC(N)=O)C(=O)C1(CCc2ccccc2)CC1. The molecule has 154 valence electrons. The number of rotatable bonds is 13. The fraction of sp³-hybridized carbons (Fsp3) is 0.591. The molecule has 2 rings (SSSR count). The predicted molar refractivity (Wildman–Crippen MR) is 108 cm³/mol. The molecule has 1 saturated carbocycles. The van der Waals surface area contributed by atoms with Gasteiger partial charge in [-0.1, -0.05) is 56.5 Å². The van der Waals surface area contributed by atoms with Crippen molar-refractivity contribution in [2.24, 2.45) is 11.1 Å². The highest BCUT2D eigenvalue weighted by Gasteiger charge is 2.51. The minimum atomic E-state index is -0.918. The van der Waals surface area contributed by atoms with E-state index < -0.39 is 23.5 Å². The lowest BCUT2D eigenvalue weighted by Gasteiger charge is -2.22. The van der Waals surface area contributed by atoms with Crippen LogP contribution in [0.4, 0.5) is 4.79 Å². The number of Topliss-reactive ketones (excluding diaryl/α,β-unsaturated/α-hetero) is 1. The molecule has 6 heteroatoms. The van der Waals surface area contributed by atoms with Gasteiger partial charge in [-0.3, -0.25) is 9.59 Å². The Morgan fingerprint density at radius 3 is 2.46 bits per heavy atom. The largest absolute Gasteiger partial charge is 0.450 e. The summed E-state index contributed by atoms with van der Waals surface area (Å²) in [5, 5.41) is 2.57. The van der Waals surface area contributed by atoms with Gasteiger partial charge < -0.3 is 15.8 Å². The van der Waals surface area contributed by atoms with E-state index in [0.717, 1.165) is 44.9 Å². The summed E-state index contributed by atoms with van der Waals surface area (Å²) in [6.07, 6.45) is 6.18. The third-order valence-corrected chi connectivity index (χ3v) is 5.36. The molecule has 0 aromatic heterocycles.